The van der Waals surface area contributed by atoms with Crippen molar-refractivity contribution in [2.24, 2.45) is 5.92 Å². The van der Waals surface area contributed by atoms with Gasteiger partial charge in [0.05, 0.1) is 0 Å². The summed E-state index contributed by atoms with van der Waals surface area (Å²) < 4.78 is 24.6. The molecule has 6 heteroatoms. The first kappa shape index (κ1) is 12.4. The average Bonchev–Trinajstić information content (AvgIpc) is 1.99. The average molecular weight is 235 g/mol. The van der Waals surface area contributed by atoms with E-state index in [-0.39, 0.29) is 6.04 Å². The van der Waals surface area contributed by atoms with Crippen molar-refractivity contribution in [2.75, 3.05) is 12.3 Å². The predicted molar refractivity (Wildman–Crippen MR) is 56.0 cm³/mol. The van der Waals surface area contributed by atoms with Gasteiger partial charge in [-0.1, -0.05) is 6.92 Å². The maximum atomic E-state index is 11.7. The van der Waals surface area contributed by atoms with Gasteiger partial charge >= 0.3 is 5.97 Å². The monoisotopic (exact) mass is 235 g/mol. The number of carboxylic acid groups (broad SMARTS) is 1. The van der Waals surface area contributed by atoms with Crippen LogP contribution in [0.1, 0.15) is 26.7 Å². The van der Waals surface area contributed by atoms with Crippen LogP contribution in [0.5, 0.6) is 0 Å². The minimum absolute atomic E-state index is 0.0851. The standard InChI is InChI=1S/C9H17NO4S/c1-7-3-4-10(8(2)5-7)15(13,14)6-9(11)12/h7-8H,3-6H2,1-2H3,(H,11,12). The van der Waals surface area contributed by atoms with Crippen LogP contribution in [-0.2, 0) is 14.8 Å². The molecule has 0 aliphatic carbocycles. The largest absolute Gasteiger partial charge is 0.480 e. The molecule has 0 saturated carbocycles. The van der Waals surface area contributed by atoms with Gasteiger partial charge in [0, 0.05) is 12.6 Å². The molecule has 15 heavy (non-hydrogen) atoms. The van der Waals surface area contributed by atoms with Crippen LogP contribution in [0.3, 0.4) is 0 Å². The molecular formula is C9H17NO4S. The van der Waals surface area contributed by atoms with E-state index in [0.29, 0.717) is 12.5 Å². The number of sulfonamides is 1. The first-order valence-corrected chi connectivity index (χ1v) is 6.65. The molecule has 2 atom stereocenters. The molecule has 0 radical (unpaired) electrons. The van der Waals surface area contributed by atoms with Crippen molar-refractivity contribution in [1.82, 2.24) is 4.31 Å². The van der Waals surface area contributed by atoms with Crippen molar-refractivity contribution in [1.29, 1.82) is 0 Å². The molecule has 1 rings (SSSR count). The molecule has 0 amide bonds. The van der Waals surface area contributed by atoms with Crippen LogP contribution in [0.15, 0.2) is 0 Å². The van der Waals surface area contributed by atoms with Gasteiger partial charge in [0.15, 0.2) is 5.75 Å². The van der Waals surface area contributed by atoms with Gasteiger partial charge in [0.2, 0.25) is 10.0 Å². The summed E-state index contributed by atoms with van der Waals surface area (Å²) in [6.45, 7) is 4.35. The number of aliphatic carboxylic acids is 1. The fraction of sp³-hybridized carbons (Fsp3) is 0.889. The number of carboxylic acids is 1. The van der Waals surface area contributed by atoms with Crippen molar-refractivity contribution < 1.29 is 18.3 Å². The summed E-state index contributed by atoms with van der Waals surface area (Å²) in [5, 5.41) is 8.51. The zero-order chi connectivity index (χ0) is 11.6. The molecule has 1 aliphatic heterocycles. The van der Waals surface area contributed by atoms with Crippen LogP contribution >= 0.6 is 0 Å². The molecule has 0 bridgehead atoms. The molecule has 88 valence electrons. The first-order chi connectivity index (χ1) is 6.83. The van der Waals surface area contributed by atoms with Crippen LogP contribution in [0.25, 0.3) is 0 Å². The summed E-state index contributed by atoms with van der Waals surface area (Å²) in [5.74, 6) is -1.58. The SMILES string of the molecule is CC1CCN(S(=O)(=O)CC(=O)O)C(C)C1. The van der Waals surface area contributed by atoms with Gasteiger partial charge in [0.1, 0.15) is 0 Å². The number of hydrogen-bond donors (Lipinski definition) is 1. The normalized spacial score (nSPS) is 28.9. The summed E-state index contributed by atoms with van der Waals surface area (Å²) in [7, 11) is -3.62. The Morgan fingerprint density at radius 2 is 2.07 bits per heavy atom. The summed E-state index contributed by atoms with van der Waals surface area (Å²) in [6, 6.07) is -0.0851. The Labute approximate surface area is 90.1 Å². The Hall–Kier alpha value is -0.620. The van der Waals surface area contributed by atoms with Gasteiger partial charge in [-0.2, -0.15) is 4.31 Å². The lowest BCUT2D eigenvalue weighted by Gasteiger charge is -2.34. The van der Waals surface area contributed by atoms with Crippen molar-refractivity contribution >= 4 is 16.0 Å². The van der Waals surface area contributed by atoms with Crippen molar-refractivity contribution in [3.8, 4) is 0 Å². The lowest BCUT2D eigenvalue weighted by atomic mass is 9.95. The summed E-state index contributed by atoms with van der Waals surface area (Å²) >= 11 is 0. The second-order valence-corrected chi connectivity index (χ2v) is 6.16. The molecule has 1 aliphatic rings. The van der Waals surface area contributed by atoms with Gasteiger partial charge in [-0.25, -0.2) is 8.42 Å². The number of piperidine rings is 1. The van der Waals surface area contributed by atoms with E-state index >= 15 is 0 Å². The van der Waals surface area contributed by atoms with Gasteiger partial charge in [-0.15, -0.1) is 0 Å². The Bertz CT molecular complexity index is 338. The van der Waals surface area contributed by atoms with Gasteiger partial charge < -0.3 is 5.11 Å². The second kappa shape index (κ2) is 4.49. The van der Waals surface area contributed by atoms with E-state index in [1.54, 1.807) is 0 Å². The van der Waals surface area contributed by atoms with Crippen LogP contribution in [0.2, 0.25) is 0 Å². The van der Waals surface area contributed by atoms with Crippen molar-refractivity contribution in [3.05, 3.63) is 0 Å². The lowest BCUT2D eigenvalue weighted by molar-refractivity contribution is -0.134. The molecule has 0 aromatic rings. The zero-order valence-corrected chi connectivity index (χ0v) is 9.83. The molecular weight excluding hydrogens is 218 g/mol. The highest BCUT2D eigenvalue weighted by atomic mass is 32.2. The minimum atomic E-state index is -3.62. The molecule has 5 nitrogen and oxygen atoms in total. The van der Waals surface area contributed by atoms with Gasteiger partial charge in [-0.05, 0) is 25.7 Å². The maximum absolute atomic E-state index is 11.7. The van der Waals surface area contributed by atoms with E-state index in [1.807, 2.05) is 6.92 Å². The first-order valence-electron chi connectivity index (χ1n) is 5.04. The summed E-state index contributed by atoms with van der Waals surface area (Å²) in [5.41, 5.74) is 0. The van der Waals surface area contributed by atoms with E-state index in [9.17, 15) is 13.2 Å². The number of carbonyl (C=O) groups is 1. The molecule has 0 aromatic heterocycles. The molecule has 1 heterocycles. The highest BCUT2D eigenvalue weighted by Gasteiger charge is 2.33. The van der Waals surface area contributed by atoms with Crippen molar-refractivity contribution in [3.63, 3.8) is 0 Å². The van der Waals surface area contributed by atoms with E-state index in [2.05, 4.69) is 6.92 Å². The second-order valence-electron chi connectivity index (χ2n) is 4.24. The third-order valence-electron chi connectivity index (χ3n) is 2.74. The summed E-state index contributed by atoms with van der Waals surface area (Å²) in [4.78, 5) is 10.4. The Morgan fingerprint density at radius 3 is 2.53 bits per heavy atom. The van der Waals surface area contributed by atoms with Crippen LogP contribution in [0, 0.1) is 5.92 Å². The highest BCUT2D eigenvalue weighted by molar-refractivity contribution is 7.89. The molecule has 1 saturated heterocycles. The minimum Gasteiger partial charge on any atom is -0.480 e. The van der Waals surface area contributed by atoms with E-state index < -0.39 is 21.7 Å². The Morgan fingerprint density at radius 1 is 1.47 bits per heavy atom. The highest BCUT2D eigenvalue weighted by Crippen LogP contribution is 2.24. The third-order valence-corrected chi connectivity index (χ3v) is 4.61. The topological polar surface area (TPSA) is 74.7 Å². The van der Waals surface area contributed by atoms with Gasteiger partial charge in [0.25, 0.3) is 0 Å². The van der Waals surface area contributed by atoms with E-state index in [1.165, 1.54) is 4.31 Å². The lowest BCUT2D eigenvalue weighted by Crippen LogP contribution is -2.46. The Balaban J connectivity index is 2.75. The van der Waals surface area contributed by atoms with E-state index in [0.717, 1.165) is 12.8 Å². The molecule has 1 N–H and O–H groups in total. The van der Waals surface area contributed by atoms with Crippen LogP contribution in [0.4, 0.5) is 0 Å². The predicted octanol–water partition coefficient (Wildman–Crippen LogP) is 0.521. The number of rotatable bonds is 3. The van der Waals surface area contributed by atoms with Crippen molar-refractivity contribution in [2.45, 2.75) is 32.7 Å². The zero-order valence-electron chi connectivity index (χ0n) is 9.01. The van der Waals surface area contributed by atoms with Crippen LogP contribution in [-0.4, -0.2) is 42.1 Å². The van der Waals surface area contributed by atoms with Gasteiger partial charge in [-0.3, -0.25) is 4.79 Å². The molecule has 0 spiro atoms. The molecule has 0 aromatic carbocycles. The quantitative estimate of drug-likeness (QED) is 0.774. The number of nitrogens with zero attached hydrogens (tertiary/aromatic N) is 1. The summed E-state index contributed by atoms with van der Waals surface area (Å²) in [6.07, 6.45) is 1.61. The third kappa shape index (κ3) is 3.17. The van der Waals surface area contributed by atoms with E-state index in [4.69, 9.17) is 5.11 Å². The maximum Gasteiger partial charge on any atom is 0.320 e. The fourth-order valence-corrected chi connectivity index (χ4v) is 3.53. The number of hydrogen-bond acceptors (Lipinski definition) is 3. The Kier molecular flexibility index (Phi) is 3.72. The smallest absolute Gasteiger partial charge is 0.320 e. The van der Waals surface area contributed by atoms with Crippen LogP contribution < -0.4 is 0 Å². The molecule has 2 unspecified atom stereocenters. The fourth-order valence-electron chi connectivity index (χ4n) is 2.04. The molecule has 1 fully saturated rings.